The summed E-state index contributed by atoms with van der Waals surface area (Å²) in [6, 6.07) is 8.19. The molecule has 2 aliphatic rings. The Morgan fingerprint density at radius 2 is 1.79 bits per heavy atom. The Kier molecular flexibility index (Phi) is 7.41. The van der Waals surface area contributed by atoms with Crippen LogP contribution in [0, 0.1) is 11.3 Å². The molecule has 176 valence electrons. The Labute approximate surface area is 197 Å². The molecule has 1 atom stereocenters. The SMILES string of the molecule is CN(C)C(=O)[C@]1(Cc2ccccc2-c2cncnc2)CCCN(C(=O)CC2CCCCC2)C1. The Morgan fingerprint density at radius 3 is 2.52 bits per heavy atom. The van der Waals surface area contributed by atoms with E-state index in [0.29, 0.717) is 25.3 Å². The highest BCUT2D eigenvalue weighted by Gasteiger charge is 2.44. The molecule has 1 aliphatic carbocycles. The van der Waals surface area contributed by atoms with Crippen LogP contribution in [0.2, 0.25) is 0 Å². The lowest BCUT2D eigenvalue weighted by atomic mass is 9.72. The minimum atomic E-state index is -0.615. The van der Waals surface area contributed by atoms with E-state index >= 15 is 0 Å². The first-order chi connectivity index (χ1) is 16.0. The largest absolute Gasteiger partial charge is 0.348 e. The zero-order chi connectivity index (χ0) is 23.3. The average Bonchev–Trinajstić information content (AvgIpc) is 2.85. The predicted molar refractivity (Wildman–Crippen MR) is 129 cm³/mol. The summed E-state index contributed by atoms with van der Waals surface area (Å²) in [5, 5.41) is 0. The van der Waals surface area contributed by atoms with Gasteiger partial charge in [0.15, 0.2) is 0 Å². The Bertz CT molecular complexity index is 956. The molecular weight excluding hydrogens is 412 g/mol. The van der Waals surface area contributed by atoms with E-state index in [2.05, 4.69) is 22.1 Å². The van der Waals surface area contributed by atoms with Crippen LogP contribution < -0.4 is 0 Å². The molecule has 1 aromatic carbocycles. The molecule has 1 aromatic heterocycles. The lowest BCUT2D eigenvalue weighted by Crippen LogP contribution is -2.54. The van der Waals surface area contributed by atoms with Crippen LogP contribution in [0.15, 0.2) is 43.0 Å². The van der Waals surface area contributed by atoms with Crippen molar-refractivity contribution in [3.05, 3.63) is 48.5 Å². The molecule has 2 fully saturated rings. The summed E-state index contributed by atoms with van der Waals surface area (Å²) in [6.45, 7) is 1.25. The third-order valence-corrected chi connectivity index (χ3v) is 7.40. The Morgan fingerprint density at radius 1 is 1.06 bits per heavy atom. The highest BCUT2D eigenvalue weighted by molar-refractivity contribution is 5.85. The predicted octanol–water partition coefficient (Wildman–Crippen LogP) is 4.35. The van der Waals surface area contributed by atoms with Gasteiger partial charge in [0.1, 0.15) is 6.33 Å². The second-order valence-electron chi connectivity index (χ2n) is 10.1. The van der Waals surface area contributed by atoms with E-state index in [-0.39, 0.29) is 11.8 Å². The fourth-order valence-electron chi connectivity index (χ4n) is 5.74. The molecule has 1 saturated heterocycles. The van der Waals surface area contributed by atoms with E-state index in [4.69, 9.17) is 0 Å². The fraction of sp³-hybridized carbons (Fsp3) is 0.556. The number of aromatic nitrogens is 2. The summed E-state index contributed by atoms with van der Waals surface area (Å²) in [5.74, 6) is 0.838. The van der Waals surface area contributed by atoms with Gasteiger partial charge in [0.05, 0.1) is 5.41 Å². The Balaban J connectivity index is 1.60. The maximum Gasteiger partial charge on any atom is 0.230 e. The van der Waals surface area contributed by atoms with Crippen molar-refractivity contribution in [1.82, 2.24) is 19.8 Å². The third kappa shape index (κ3) is 5.43. The smallest absolute Gasteiger partial charge is 0.230 e. The number of rotatable bonds is 6. The third-order valence-electron chi connectivity index (χ3n) is 7.40. The van der Waals surface area contributed by atoms with Gasteiger partial charge < -0.3 is 9.80 Å². The van der Waals surface area contributed by atoms with Crippen LogP contribution in [-0.4, -0.2) is 58.8 Å². The second kappa shape index (κ2) is 10.4. The van der Waals surface area contributed by atoms with Gasteiger partial charge in [-0.2, -0.15) is 0 Å². The van der Waals surface area contributed by atoms with Gasteiger partial charge in [-0.25, -0.2) is 9.97 Å². The summed E-state index contributed by atoms with van der Waals surface area (Å²) in [5.41, 5.74) is 2.48. The van der Waals surface area contributed by atoms with E-state index in [0.717, 1.165) is 48.9 Å². The van der Waals surface area contributed by atoms with Gasteiger partial charge in [0.25, 0.3) is 0 Å². The molecule has 4 rings (SSSR count). The van der Waals surface area contributed by atoms with E-state index in [1.165, 1.54) is 25.6 Å². The summed E-state index contributed by atoms with van der Waals surface area (Å²) in [7, 11) is 3.65. The number of amides is 2. The number of hydrogen-bond acceptors (Lipinski definition) is 4. The minimum Gasteiger partial charge on any atom is -0.348 e. The molecule has 2 amide bonds. The topological polar surface area (TPSA) is 66.4 Å². The number of carbonyl (C=O) groups is 2. The van der Waals surface area contributed by atoms with Crippen molar-refractivity contribution in [2.45, 2.75) is 57.8 Å². The van der Waals surface area contributed by atoms with E-state index < -0.39 is 5.41 Å². The monoisotopic (exact) mass is 448 g/mol. The average molecular weight is 449 g/mol. The molecule has 33 heavy (non-hydrogen) atoms. The van der Waals surface area contributed by atoms with Crippen LogP contribution in [0.1, 0.15) is 56.9 Å². The summed E-state index contributed by atoms with van der Waals surface area (Å²) in [4.78, 5) is 38.9. The van der Waals surface area contributed by atoms with Crippen molar-refractivity contribution in [2.24, 2.45) is 11.3 Å². The van der Waals surface area contributed by atoms with Gasteiger partial charge in [-0.3, -0.25) is 9.59 Å². The quantitative estimate of drug-likeness (QED) is 0.659. The second-order valence-corrected chi connectivity index (χ2v) is 10.1. The van der Waals surface area contributed by atoms with Gasteiger partial charge in [0, 0.05) is 51.6 Å². The van der Waals surface area contributed by atoms with Crippen LogP contribution in [0.25, 0.3) is 11.1 Å². The van der Waals surface area contributed by atoms with Crippen molar-refractivity contribution in [1.29, 1.82) is 0 Å². The van der Waals surface area contributed by atoms with Crippen LogP contribution in [0.4, 0.5) is 0 Å². The van der Waals surface area contributed by atoms with Gasteiger partial charge in [-0.05, 0) is 49.1 Å². The van der Waals surface area contributed by atoms with Gasteiger partial charge in [-0.15, -0.1) is 0 Å². The van der Waals surface area contributed by atoms with E-state index in [1.54, 1.807) is 4.90 Å². The van der Waals surface area contributed by atoms with Crippen LogP contribution in [0.3, 0.4) is 0 Å². The van der Waals surface area contributed by atoms with Crippen molar-refractivity contribution >= 4 is 11.8 Å². The van der Waals surface area contributed by atoms with Gasteiger partial charge in [0.2, 0.25) is 11.8 Å². The molecule has 0 spiro atoms. The number of benzene rings is 1. The summed E-state index contributed by atoms with van der Waals surface area (Å²) < 4.78 is 0. The molecule has 0 unspecified atom stereocenters. The molecule has 1 aliphatic heterocycles. The number of piperidine rings is 1. The molecule has 0 N–H and O–H groups in total. The highest BCUT2D eigenvalue weighted by Crippen LogP contribution is 2.38. The summed E-state index contributed by atoms with van der Waals surface area (Å²) in [6.07, 6.45) is 14.1. The first kappa shape index (κ1) is 23.4. The fourth-order valence-corrected chi connectivity index (χ4v) is 5.74. The van der Waals surface area contributed by atoms with Crippen molar-refractivity contribution < 1.29 is 9.59 Å². The number of nitrogens with zero attached hydrogens (tertiary/aromatic N) is 4. The zero-order valence-corrected chi connectivity index (χ0v) is 20.0. The molecule has 1 saturated carbocycles. The lowest BCUT2D eigenvalue weighted by Gasteiger charge is -2.43. The molecule has 0 radical (unpaired) electrons. The zero-order valence-electron chi connectivity index (χ0n) is 20.0. The lowest BCUT2D eigenvalue weighted by molar-refractivity contribution is -0.147. The number of likely N-dealkylation sites (tertiary alicyclic amines) is 1. The van der Waals surface area contributed by atoms with Crippen molar-refractivity contribution in [3.8, 4) is 11.1 Å². The first-order valence-corrected chi connectivity index (χ1v) is 12.3. The molecule has 6 nitrogen and oxygen atoms in total. The molecule has 0 bridgehead atoms. The number of carbonyl (C=O) groups excluding carboxylic acids is 2. The normalized spacial score (nSPS) is 21.6. The molecular formula is C27H36N4O2. The molecule has 6 heteroatoms. The summed E-state index contributed by atoms with van der Waals surface area (Å²) >= 11 is 0. The van der Waals surface area contributed by atoms with E-state index in [9.17, 15) is 9.59 Å². The highest BCUT2D eigenvalue weighted by atomic mass is 16.2. The molecule has 2 aromatic rings. The standard InChI is InChI=1S/C27H36N4O2/c1-30(2)26(33)27(16-22-11-6-7-12-24(22)23-17-28-20-29-18-23)13-8-14-31(19-27)25(32)15-21-9-4-3-5-10-21/h6-7,11-12,17-18,20-21H,3-5,8-10,13-16,19H2,1-2H3/t27-/m0/s1. The van der Waals surface area contributed by atoms with Crippen LogP contribution >= 0.6 is 0 Å². The van der Waals surface area contributed by atoms with Gasteiger partial charge >= 0.3 is 0 Å². The van der Waals surface area contributed by atoms with Crippen molar-refractivity contribution in [3.63, 3.8) is 0 Å². The van der Waals surface area contributed by atoms with Crippen LogP contribution in [0.5, 0.6) is 0 Å². The first-order valence-electron chi connectivity index (χ1n) is 12.3. The van der Waals surface area contributed by atoms with E-state index in [1.807, 2.05) is 43.5 Å². The van der Waals surface area contributed by atoms with Gasteiger partial charge in [-0.1, -0.05) is 43.5 Å². The molecule has 2 heterocycles. The number of hydrogen-bond donors (Lipinski definition) is 0. The Hall–Kier alpha value is -2.76. The maximum absolute atomic E-state index is 13.6. The maximum atomic E-state index is 13.6. The minimum absolute atomic E-state index is 0.108. The van der Waals surface area contributed by atoms with Crippen molar-refractivity contribution in [2.75, 3.05) is 27.2 Å². The van der Waals surface area contributed by atoms with Crippen LogP contribution in [-0.2, 0) is 16.0 Å².